The van der Waals surface area contributed by atoms with Crippen molar-refractivity contribution in [3.63, 3.8) is 0 Å². The summed E-state index contributed by atoms with van der Waals surface area (Å²) in [5.74, 6) is 1.50. The number of ether oxygens (including phenoxy) is 1. The van der Waals surface area contributed by atoms with Gasteiger partial charge in [-0.2, -0.15) is 4.98 Å². The van der Waals surface area contributed by atoms with E-state index >= 15 is 0 Å². The smallest absolute Gasteiger partial charge is 0.239 e. The molecule has 0 aromatic carbocycles. The van der Waals surface area contributed by atoms with Crippen LogP contribution in [0, 0.1) is 5.41 Å². The van der Waals surface area contributed by atoms with Gasteiger partial charge in [-0.3, -0.25) is 0 Å². The van der Waals surface area contributed by atoms with Gasteiger partial charge in [-0.15, -0.1) is 0 Å². The van der Waals surface area contributed by atoms with Crippen molar-refractivity contribution in [2.24, 2.45) is 5.41 Å². The number of pyridine rings is 1. The number of anilines is 2. The van der Waals surface area contributed by atoms with E-state index in [1.807, 2.05) is 32.9 Å². The SMILES string of the molecule is CC1(C)CCCN(c2ccc(N)c(OC(C)(C)C)n2)C1. The average Bonchev–Trinajstić information content (AvgIpc) is 2.29. The molecular weight excluding hydrogens is 250 g/mol. The van der Waals surface area contributed by atoms with Crippen LogP contribution in [0.25, 0.3) is 0 Å². The minimum absolute atomic E-state index is 0.291. The quantitative estimate of drug-likeness (QED) is 0.899. The Balaban J connectivity index is 2.23. The lowest BCUT2D eigenvalue weighted by atomic mass is 9.84. The number of nitrogens with zero attached hydrogens (tertiary/aromatic N) is 2. The molecule has 0 saturated carbocycles. The van der Waals surface area contributed by atoms with Gasteiger partial charge in [-0.25, -0.2) is 0 Å². The fourth-order valence-corrected chi connectivity index (χ4v) is 2.61. The molecule has 1 aliphatic rings. The van der Waals surface area contributed by atoms with Gasteiger partial charge in [0.15, 0.2) is 0 Å². The second kappa shape index (κ2) is 5.15. The molecule has 0 bridgehead atoms. The summed E-state index contributed by atoms with van der Waals surface area (Å²) in [5.41, 5.74) is 6.62. The molecule has 1 fully saturated rings. The number of nitrogens with two attached hydrogens (primary N) is 1. The third-order valence-corrected chi connectivity index (χ3v) is 3.50. The van der Waals surface area contributed by atoms with Crippen molar-refractivity contribution in [2.45, 2.75) is 53.1 Å². The summed E-state index contributed by atoms with van der Waals surface area (Å²) < 4.78 is 5.85. The van der Waals surface area contributed by atoms with E-state index in [9.17, 15) is 0 Å². The monoisotopic (exact) mass is 277 g/mol. The number of aromatic nitrogens is 1. The molecule has 2 heterocycles. The van der Waals surface area contributed by atoms with Crippen molar-refractivity contribution in [3.05, 3.63) is 12.1 Å². The highest BCUT2D eigenvalue weighted by Crippen LogP contribution is 2.33. The van der Waals surface area contributed by atoms with E-state index in [4.69, 9.17) is 10.5 Å². The second-order valence-electron chi connectivity index (χ2n) is 7.47. The molecule has 0 amide bonds. The molecular formula is C16H27N3O. The van der Waals surface area contributed by atoms with Gasteiger partial charge >= 0.3 is 0 Å². The first-order valence-electron chi connectivity index (χ1n) is 7.37. The first-order valence-corrected chi connectivity index (χ1v) is 7.37. The zero-order valence-corrected chi connectivity index (χ0v) is 13.4. The summed E-state index contributed by atoms with van der Waals surface area (Å²) in [4.78, 5) is 6.96. The molecule has 4 heteroatoms. The normalized spacial score (nSPS) is 18.9. The highest BCUT2D eigenvalue weighted by molar-refractivity contribution is 5.55. The third-order valence-electron chi connectivity index (χ3n) is 3.50. The maximum Gasteiger partial charge on any atom is 0.239 e. The Labute approximate surface area is 122 Å². The molecule has 2 rings (SSSR count). The Hall–Kier alpha value is -1.45. The molecule has 1 aromatic rings. The summed E-state index contributed by atoms with van der Waals surface area (Å²) >= 11 is 0. The Morgan fingerprint density at radius 2 is 2.00 bits per heavy atom. The fraction of sp³-hybridized carbons (Fsp3) is 0.688. The summed E-state index contributed by atoms with van der Waals surface area (Å²) in [6, 6.07) is 3.89. The highest BCUT2D eigenvalue weighted by Gasteiger charge is 2.27. The second-order valence-corrected chi connectivity index (χ2v) is 7.47. The zero-order valence-electron chi connectivity index (χ0n) is 13.4. The summed E-state index contributed by atoms with van der Waals surface area (Å²) in [7, 11) is 0. The van der Waals surface area contributed by atoms with Gasteiger partial charge in [-0.05, 0) is 51.2 Å². The van der Waals surface area contributed by atoms with Crippen LogP contribution in [0.4, 0.5) is 11.5 Å². The van der Waals surface area contributed by atoms with Gasteiger partial charge < -0.3 is 15.4 Å². The number of rotatable bonds is 2. The maximum absolute atomic E-state index is 5.97. The van der Waals surface area contributed by atoms with Crippen LogP contribution in [0.2, 0.25) is 0 Å². The predicted octanol–water partition coefficient (Wildman–Crippen LogP) is 3.47. The lowest BCUT2D eigenvalue weighted by Crippen LogP contribution is -2.40. The van der Waals surface area contributed by atoms with Gasteiger partial charge in [0.25, 0.3) is 0 Å². The van der Waals surface area contributed by atoms with E-state index < -0.39 is 0 Å². The molecule has 20 heavy (non-hydrogen) atoms. The fourth-order valence-electron chi connectivity index (χ4n) is 2.61. The average molecular weight is 277 g/mol. The highest BCUT2D eigenvalue weighted by atomic mass is 16.5. The number of hydrogen-bond acceptors (Lipinski definition) is 4. The van der Waals surface area contributed by atoms with E-state index in [2.05, 4.69) is 23.7 Å². The van der Waals surface area contributed by atoms with E-state index in [0.717, 1.165) is 18.9 Å². The van der Waals surface area contributed by atoms with E-state index in [-0.39, 0.29) is 5.60 Å². The van der Waals surface area contributed by atoms with Crippen molar-refractivity contribution >= 4 is 11.5 Å². The molecule has 112 valence electrons. The van der Waals surface area contributed by atoms with Gasteiger partial charge in [0.05, 0.1) is 5.69 Å². The molecule has 1 aromatic heterocycles. The summed E-state index contributed by atoms with van der Waals surface area (Å²) in [6.45, 7) is 12.7. The van der Waals surface area contributed by atoms with Crippen LogP contribution in [-0.4, -0.2) is 23.7 Å². The Morgan fingerprint density at radius 3 is 2.60 bits per heavy atom. The van der Waals surface area contributed by atoms with Crippen molar-refractivity contribution in [1.29, 1.82) is 0 Å². The standard InChI is InChI=1S/C16H27N3O/c1-15(2,3)20-14-12(17)7-8-13(18-14)19-10-6-9-16(4,5)11-19/h7-8H,6,9-11,17H2,1-5H3. The number of nitrogen functional groups attached to an aromatic ring is 1. The Kier molecular flexibility index (Phi) is 3.85. The van der Waals surface area contributed by atoms with E-state index in [0.29, 0.717) is 17.0 Å². The minimum atomic E-state index is -0.291. The van der Waals surface area contributed by atoms with Crippen LogP contribution in [0.5, 0.6) is 5.88 Å². The molecule has 0 atom stereocenters. The molecule has 0 radical (unpaired) electrons. The summed E-state index contributed by atoms with van der Waals surface area (Å²) in [6.07, 6.45) is 2.47. The lowest BCUT2D eigenvalue weighted by Gasteiger charge is -2.39. The van der Waals surface area contributed by atoms with Crippen LogP contribution >= 0.6 is 0 Å². The van der Waals surface area contributed by atoms with Crippen molar-refractivity contribution in [3.8, 4) is 5.88 Å². The molecule has 1 saturated heterocycles. The third kappa shape index (κ3) is 3.78. The van der Waals surface area contributed by atoms with Gasteiger partial charge in [0.2, 0.25) is 5.88 Å². The van der Waals surface area contributed by atoms with Crippen LogP contribution in [0.1, 0.15) is 47.5 Å². The molecule has 4 nitrogen and oxygen atoms in total. The minimum Gasteiger partial charge on any atom is -0.470 e. The van der Waals surface area contributed by atoms with Crippen LogP contribution in [0.3, 0.4) is 0 Å². The molecule has 2 N–H and O–H groups in total. The Morgan fingerprint density at radius 1 is 1.30 bits per heavy atom. The first kappa shape index (κ1) is 14.9. The van der Waals surface area contributed by atoms with Gasteiger partial charge in [0, 0.05) is 13.1 Å². The first-order chi connectivity index (χ1) is 9.16. The van der Waals surface area contributed by atoms with Crippen molar-refractivity contribution in [2.75, 3.05) is 23.7 Å². The number of hydrogen-bond donors (Lipinski definition) is 1. The molecule has 0 aliphatic carbocycles. The van der Waals surface area contributed by atoms with Gasteiger partial charge in [0.1, 0.15) is 11.4 Å². The van der Waals surface area contributed by atoms with Crippen LogP contribution < -0.4 is 15.4 Å². The van der Waals surface area contributed by atoms with Crippen LogP contribution in [-0.2, 0) is 0 Å². The van der Waals surface area contributed by atoms with E-state index in [1.54, 1.807) is 0 Å². The van der Waals surface area contributed by atoms with E-state index in [1.165, 1.54) is 12.8 Å². The summed E-state index contributed by atoms with van der Waals surface area (Å²) in [5, 5.41) is 0. The molecule has 1 aliphatic heterocycles. The lowest BCUT2D eigenvalue weighted by molar-refractivity contribution is 0.125. The maximum atomic E-state index is 5.97. The molecule has 0 spiro atoms. The van der Waals surface area contributed by atoms with Crippen LogP contribution in [0.15, 0.2) is 12.1 Å². The van der Waals surface area contributed by atoms with Crippen molar-refractivity contribution < 1.29 is 4.74 Å². The predicted molar refractivity (Wildman–Crippen MR) is 84.3 cm³/mol. The largest absolute Gasteiger partial charge is 0.470 e. The zero-order chi connectivity index (χ0) is 15.0. The number of piperidine rings is 1. The topological polar surface area (TPSA) is 51.4 Å². The van der Waals surface area contributed by atoms with Gasteiger partial charge in [-0.1, -0.05) is 13.8 Å². The Bertz CT molecular complexity index is 477. The molecule has 0 unspecified atom stereocenters. The van der Waals surface area contributed by atoms with Crippen molar-refractivity contribution in [1.82, 2.24) is 4.98 Å².